The normalized spacial score (nSPS) is 21.6. The van der Waals surface area contributed by atoms with Gasteiger partial charge in [-0.3, -0.25) is 14.4 Å². The first-order valence-corrected chi connectivity index (χ1v) is 11.2. The Kier molecular flexibility index (Phi) is 6.44. The van der Waals surface area contributed by atoms with Gasteiger partial charge in [0, 0.05) is 44.2 Å². The Morgan fingerprint density at radius 2 is 1.81 bits per heavy atom. The Bertz CT molecular complexity index is 1000. The molecule has 0 radical (unpaired) electrons. The van der Waals surface area contributed by atoms with Crippen molar-refractivity contribution in [1.82, 2.24) is 16.0 Å². The van der Waals surface area contributed by atoms with Gasteiger partial charge in [-0.15, -0.1) is 0 Å². The molecule has 2 aromatic carbocycles. The minimum atomic E-state index is -0.276. The number of hydrogen-bond donors (Lipinski definition) is 3. The van der Waals surface area contributed by atoms with Crippen LogP contribution >= 0.6 is 0 Å². The van der Waals surface area contributed by atoms with Gasteiger partial charge in [-0.05, 0) is 54.7 Å². The molecule has 3 N–H and O–H groups in total. The third-order valence-electron chi connectivity index (χ3n) is 6.32. The number of nitrogens with zero attached hydrogens (tertiary/aromatic N) is 1. The molecule has 7 nitrogen and oxygen atoms in total. The Balaban J connectivity index is 1.41. The molecule has 0 aromatic heterocycles. The van der Waals surface area contributed by atoms with Gasteiger partial charge >= 0.3 is 0 Å². The van der Waals surface area contributed by atoms with Crippen LogP contribution in [0, 0.1) is 0 Å². The molecule has 0 bridgehead atoms. The monoisotopic (exact) mass is 434 g/mol. The molecule has 0 saturated carbocycles. The van der Waals surface area contributed by atoms with Crippen LogP contribution < -0.4 is 20.9 Å². The molecule has 32 heavy (non-hydrogen) atoms. The maximum atomic E-state index is 12.9. The second-order valence-electron chi connectivity index (χ2n) is 8.81. The predicted octanol–water partition coefficient (Wildman–Crippen LogP) is 2.32. The van der Waals surface area contributed by atoms with E-state index in [4.69, 9.17) is 0 Å². The standard InChI is InChI=1S/C25H30N4O3/c1-29(2)19-11-7-16(8-12-19)25(32)27-21-15-17-5-3-4-6-20(17)24(21)28-23(31)14-10-18-9-13-22(30)26-18/h3-8,11-12,18,21,24H,9-10,13-15H2,1-2H3,(H,26,30)(H,27,32)(H,28,31)/t18?,21-,24-/m1/s1. The van der Waals surface area contributed by atoms with Gasteiger partial charge in [0.05, 0.1) is 12.1 Å². The second-order valence-corrected chi connectivity index (χ2v) is 8.81. The van der Waals surface area contributed by atoms with Crippen LogP contribution in [0.2, 0.25) is 0 Å². The second kappa shape index (κ2) is 9.42. The van der Waals surface area contributed by atoms with E-state index in [0.29, 0.717) is 31.2 Å². The summed E-state index contributed by atoms with van der Waals surface area (Å²) in [6.07, 6.45) is 2.95. The summed E-state index contributed by atoms with van der Waals surface area (Å²) in [6.45, 7) is 0. The predicted molar refractivity (Wildman–Crippen MR) is 123 cm³/mol. The summed E-state index contributed by atoms with van der Waals surface area (Å²) in [5, 5.41) is 9.16. The Morgan fingerprint density at radius 3 is 2.50 bits per heavy atom. The van der Waals surface area contributed by atoms with Crippen molar-refractivity contribution >= 4 is 23.4 Å². The highest BCUT2D eigenvalue weighted by atomic mass is 16.2. The van der Waals surface area contributed by atoms with Gasteiger partial charge in [0.1, 0.15) is 0 Å². The van der Waals surface area contributed by atoms with E-state index in [2.05, 4.69) is 16.0 Å². The summed E-state index contributed by atoms with van der Waals surface area (Å²) in [5.74, 6) is -0.162. The van der Waals surface area contributed by atoms with Gasteiger partial charge in [-0.2, -0.15) is 0 Å². The average Bonchev–Trinajstić information content (AvgIpc) is 3.35. The molecule has 2 aliphatic rings. The molecule has 0 spiro atoms. The van der Waals surface area contributed by atoms with Crippen molar-refractivity contribution in [2.45, 2.75) is 50.2 Å². The van der Waals surface area contributed by atoms with E-state index >= 15 is 0 Å². The van der Waals surface area contributed by atoms with Crippen LogP contribution in [-0.2, 0) is 16.0 Å². The van der Waals surface area contributed by atoms with Crippen molar-refractivity contribution in [1.29, 1.82) is 0 Å². The fraction of sp³-hybridized carbons (Fsp3) is 0.400. The van der Waals surface area contributed by atoms with E-state index < -0.39 is 0 Å². The highest BCUT2D eigenvalue weighted by Crippen LogP contribution is 2.32. The van der Waals surface area contributed by atoms with Crippen LogP contribution in [0.15, 0.2) is 48.5 Å². The van der Waals surface area contributed by atoms with Gasteiger partial charge in [0.2, 0.25) is 11.8 Å². The fourth-order valence-electron chi connectivity index (χ4n) is 4.52. The third kappa shape index (κ3) is 4.93. The van der Waals surface area contributed by atoms with E-state index in [0.717, 1.165) is 23.2 Å². The molecule has 1 unspecified atom stereocenters. The maximum Gasteiger partial charge on any atom is 0.251 e. The summed E-state index contributed by atoms with van der Waals surface area (Å²) in [6, 6.07) is 15.0. The molecular formula is C25H30N4O3. The summed E-state index contributed by atoms with van der Waals surface area (Å²) < 4.78 is 0. The number of amides is 3. The summed E-state index contributed by atoms with van der Waals surface area (Å²) >= 11 is 0. The number of nitrogens with one attached hydrogen (secondary N) is 3. The van der Waals surface area contributed by atoms with Crippen molar-refractivity contribution < 1.29 is 14.4 Å². The zero-order chi connectivity index (χ0) is 22.7. The summed E-state index contributed by atoms with van der Waals surface area (Å²) in [5.41, 5.74) is 3.80. The van der Waals surface area contributed by atoms with Gasteiger partial charge in [-0.25, -0.2) is 0 Å². The minimum absolute atomic E-state index is 0.0570. The van der Waals surface area contributed by atoms with Crippen molar-refractivity contribution in [3.63, 3.8) is 0 Å². The first-order valence-electron chi connectivity index (χ1n) is 11.2. The number of carbonyl (C=O) groups is 3. The molecular weight excluding hydrogens is 404 g/mol. The number of anilines is 1. The number of carbonyl (C=O) groups excluding carboxylic acids is 3. The van der Waals surface area contributed by atoms with E-state index in [1.807, 2.05) is 67.5 Å². The third-order valence-corrected chi connectivity index (χ3v) is 6.32. The van der Waals surface area contributed by atoms with Crippen LogP contribution in [-0.4, -0.2) is 43.9 Å². The number of rotatable bonds is 7. The van der Waals surface area contributed by atoms with Crippen LogP contribution in [0.1, 0.15) is 53.2 Å². The van der Waals surface area contributed by atoms with E-state index in [-0.39, 0.29) is 35.8 Å². The van der Waals surface area contributed by atoms with Gasteiger partial charge in [0.15, 0.2) is 0 Å². The lowest BCUT2D eigenvalue weighted by atomic mass is 10.0. The average molecular weight is 435 g/mol. The molecule has 168 valence electrons. The van der Waals surface area contributed by atoms with Gasteiger partial charge < -0.3 is 20.9 Å². The molecule has 1 aliphatic heterocycles. The molecule has 1 fully saturated rings. The summed E-state index contributed by atoms with van der Waals surface area (Å²) in [4.78, 5) is 39.0. The van der Waals surface area contributed by atoms with Crippen LogP contribution in [0.5, 0.6) is 0 Å². The SMILES string of the molecule is CN(C)c1ccc(C(=O)N[C@@H]2Cc3ccccc3[C@H]2NC(=O)CCC2CCC(=O)N2)cc1. The first kappa shape index (κ1) is 21.9. The topological polar surface area (TPSA) is 90.5 Å². The molecule has 1 heterocycles. The number of hydrogen-bond acceptors (Lipinski definition) is 4. The van der Waals surface area contributed by atoms with E-state index in [1.54, 1.807) is 0 Å². The van der Waals surface area contributed by atoms with Crippen molar-refractivity contribution in [3.05, 3.63) is 65.2 Å². The molecule has 3 amide bonds. The minimum Gasteiger partial charge on any atom is -0.378 e. The number of fused-ring (bicyclic) bond motifs is 1. The smallest absolute Gasteiger partial charge is 0.251 e. The van der Waals surface area contributed by atoms with Crippen molar-refractivity contribution in [2.24, 2.45) is 0 Å². The van der Waals surface area contributed by atoms with Crippen LogP contribution in [0.25, 0.3) is 0 Å². The maximum absolute atomic E-state index is 12.9. The largest absolute Gasteiger partial charge is 0.378 e. The van der Waals surface area contributed by atoms with Crippen molar-refractivity contribution in [3.8, 4) is 0 Å². The Hall–Kier alpha value is -3.35. The zero-order valence-electron chi connectivity index (χ0n) is 18.6. The first-order chi connectivity index (χ1) is 15.4. The van der Waals surface area contributed by atoms with E-state index in [9.17, 15) is 14.4 Å². The van der Waals surface area contributed by atoms with Crippen LogP contribution in [0.3, 0.4) is 0 Å². The lowest BCUT2D eigenvalue weighted by Crippen LogP contribution is -2.44. The Labute approximate surface area is 188 Å². The van der Waals surface area contributed by atoms with E-state index in [1.165, 1.54) is 0 Å². The zero-order valence-corrected chi connectivity index (χ0v) is 18.6. The lowest BCUT2D eigenvalue weighted by molar-refractivity contribution is -0.123. The molecule has 2 aromatic rings. The molecule has 1 aliphatic carbocycles. The molecule has 1 saturated heterocycles. The van der Waals surface area contributed by atoms with Gasteiger partial charge in [-0.1, -0.05) is 24.3 Å². The Morgan fingerprint density at radius 1 is 1.06 bits per heavy atom. The summed E-state index contributed by atoms with van der Waals surface area (Å²) in [7, 11) is 3.91. The quantitative estimate of drug-likeness (QED) is 0.624. The molecule has 7 heteroatoms. The van der Waals surface area contributed by atoms with Gasteiger partial charge in [0.25, 0.3) is 5.91 Å². The number of benzene rings is 2. The molecule has 3 atom stereocenters. The highest BCUT2D eigenvalue weighted by Gasteiger charge is 2.34. The highest BCUT2D eigenvalue weighted by molar-refractivity contribution is 5.95. The molecule has 4 rings (SSSR count). The fourth-order valence-corrected chi connectivity index (χ4v) is 4.52. The lowest BCUT2D eigenvalue weighted by Gasteiger charge is -2.24. The van der Waals surface area contributed by atoms with Crippen molar-refractivity contribution in [2.75, 3.05) is 19.0 Å². The van der Waals surface area contributed by atoms with Crippen LogP contribution in [0.4, 0.5) is 5.69 Å².